The highest BCUT2D eigenvalue weighted by Gasteiger charge is 2.24. The molecule has 0 spiro atoms. The molecule has 0 aromatic carbocycles. The van der Waals surface area contributed by atoms with E-state index < -0.39 is 0 Å². The van der Waals surface area contributed by atoms with Gasteiger partial charge in [0.15, 0.2) is 0 Å². The molecule has 1 aliphatic rings. The number of hydrogen-bond acceptors (Lipinski definition) is 7. The molecule has 138 valence electrons. The van der Waals surface area contributed by atoms with Crippen LogP contribution in [0.2, 0.25) is 0 Å². The van der Waals surface area contributed by atoms with Crippen LogP contribution in [0.4, 0.5) is 5.82 Å². The Morgan fingerprint density at radius 2 is 2.30 bits per heavy atom. The van der Waals surface area contributed by atoms with E-state index >= 15 is 0 Å². The number of H-pyrrole nitrogens is 1. The Balaban J connectivity index is 1.76. The lowest BCUT2D eigenvalue weighted by molar-refractivity contribution is 0.0986. The molecular formula is C18H19N7OS. The SMILES string of the molecule is C[C@@H]1COCCN1c1cc(-c2cnnn2C)c2snc(-c3ccc[nH]3)c2n1. The van der Waals surface area contributed by atoms with Crippen LogP contribution in [0.3, 0.4) is 0 Å². The Morgan fingerprint density at radius 3 is 3.04 bits per heavy atom. The minimum Gasteiger partial charge on any atom is -0.377 e. The largest absolute Gasteiger partial charge is 0.377 e. The smallest absolute Gasteiger partial charge is 0.130 e. The number of aryl methyl sites for hydroxylation is 1. The van der Waals surface area contributed by atoms with E-state index in [9.17, 15) is 0 Å². The van der Waals surface area contributed by atoms with Gasteiger partial charge in [-0.1, -0.05) is 5.21 Å². The lowest BCUT2D eigenvalue weighted by Crippen LogP contribution is -2.44. The molecule has 0 saturated carbocycles. The molecule has 4 aromatic heterocycles. The van der Waals surface area contributed by atoms with E-state index in [1.807, 2.05) is 25.4 Å². The predicted molar refractivity (Wildman–Crippen MR) is 105 cm³/mol. The van der Waals surface area contributed by atoms with Crippen LogP contribution in [0, 0.1) is 0 Å². The Kier molecular flexibility index (Phi) is 3.91. The van der Waals surface area contributed by atoms with Gasteiger partial charge in [0.25, 0.3) is 0 Å². The second-order valence-corrected chi connectivity index (χ2v) is 7.45. The highest BCUT2D eigenvalue weighted by atomic mass is 32.1. The van der Waals surface area contributed by atoms with Gasteiger partial charge in [0.1, 0.15) is 17.0 Å². The minimum atomic E-state index is 0.266. The van der Waals surface area contributed by atoms with Crippen LogP contribution in [0.15, 0.2) is 30.6 Å². The Bertz CT molecular complexity index is 1080. The first-order valence-electron chi connectivity index (χ1n) is 8.86. The van der Waals surface area contributed by atoms with Crippen molar-refractivity contribution < 1.29 is 4.74 Å². The number of anilines is 1. The molecule has 0 bridgehead atoms. The van der Waals surface area contributed by atoms with Gasteiger partial charge < -0.3 is 14.6 Å². The number of ether oxygens (including phenoxy) is 1. The number of hydrogen-bond donors (Lipinski definition) is 1. The molecule has 0 aliphatic carbocycles. The first-order chi connectivity index (χ1) is 13.2. The van der Waals surface area contributed by atoms with Crippen molar-refractivity contribution in [3.05, 3.63) is 30.6 Å². The summed E-state index contributed by atoms with van der Waals surface area (Å²) in [5.74, 6) is 0.933. The van der Waals surface area contributed by atoms with Crippen LogP contribution < -0.4 is 4.90 Å². The molecule has 8 nitrogen and oxygen atoms in total. The summed E-state index contributed by atoms with van der Waals surface area (Å²) in [5, 5.41) is 8.16. The molecule has 0 radical (unpaired) electrons. The number of nitrogens with one attached hydrogen (secondary N) is 1. The van der Waals surface area contributed by atoms with Crippen molar-refractivity contribution in [2.75, 3.05) is 24.7 Å². The summed E-state index contributed by atoms with van der Waals surface area (Å²) in [6.07, 6.45) is 3.69. The summed E-state index contributed by atoms with van der Waals surface area (Å²) >= 11 is 1.46. The van der Waals surface area contributed by atoms with Crippen LogP contribution in [-0.2, 0) is 11.8 Å². The second-order valence-electron chi connectivity index (χ2n) is 6.68. The fourth-order valence-electron chi connectivity index (χ4n) is 3.50. The third kappa shape index (κ3) is 2.70. The lowest BCUT2D eigenvalue weighted by Gasteiger charge is -2.34. The van der Waals surface area contributed by atoms with Gasteiger partial charge in [-0.2, -0.15) is 4.37 Å². The maximum atomic E-state index is 5.60. The Labute approximate surface area is 160 Å². The van der Waals surface area contributed by atoms with Crippen LogP contribution in [0.5, 0.6) is 0 Å². The molecule has 4 aromatic rings. The zero-order chi connectivity index (χ0) is 18.4. The van der Waals surface area contributed by atoms with Crippen LogP contribution in [0.25, 0.3) is 32.9 Å². The van der Waals surface area contributed by atoms with E-state index in [1.165, 1.54) is 11.5 Å². The van der Waals surface area contributed by atoms with E-state index in [0.29, 0.717) is 13.2 Å². The number of aromatic nitrogens is 6. The number of fused-ring (bicyclic) bond motifs is 1. The molecule has 1 fully saturated rings. The average molecular weight is 381 g/mol. The number of morpholine rings is 1. The summed E-state index contributed by atoms with van der Waals surface area (Å²) < 4.78 is 13.1. The highest BCUT2D eigenvalue weighted by molar-refractivity contribution is 7.14. The Morgan fingerprint density at radius 1 is 1.37 bits per heavy atom. The zero-order valence-electron chi connectivity index (χ0n) is 15.1. The summed E-state index contributed by atoms with van der Waals surface area (Å²) in [6, 6.07) is 6.38. The van der Waals surface area contributed by atoms with Crippen molar-refractivity contribution in [1.82, 2.24) is 29.3 Å². The van der Waals surface area contributed by atoms with Crippen molar-refractivity contribution >= 4 is 27.6 Å². The van der Waals surface area contributed by atoms with E-state index in [1.54, 1.807) is 10.9 Å². The molecule has 9 heteroatoms. The maximum Gasteiger partial charge on any atom is 0.130 e. The number of nitrogens with zero attached hydrogens (tertiary/aromatic N) is 6. The average Bonchev–Trinajstić information content (AvgIpc) is 3.41. The van der Waals surface area contributed by atoms with Crippen molar-refractivity contribution in [1.29, 1.82) is 0 Å². The summed E-state index contributed by atoms with van der Waals surface area (Å²) in [5.41, 5.74) is 4.74. The monoisotopic (exact) mass is 381 g/mol. The van der Waals surface area contributed by atoms with Gasteiger partial charge in [0.2, 0.25) is 0 Å². The van der Waals surface area contributed by atoms with Gasteiger partial charge in [-0.25, -0.2) is 9.67 Å². The normalized spacial score (nSPS) is 17.7. The van der Waals surface area contributed by atoms with Crippen molar-refractivity contribution in [3.63, 3.8) is 0 Å². The molecule has 1 aliphatic heterocycles. The third-order valence-corrected chi connectivity index (χ3v) is 5.79. The Hall–Kier alpha value is -2.78. The molecule has 0 amide bonds. The molecule has 1 atom stereocenters. The first kappa shape index (κ1) is 16.4. The third-order valence-electron chi connectivity index (χ3n) is 4.92. The topological polar surface area (TPSA) is 84.8 Å². The van der Waals surface area contributed by atoms with Gasteiger partial charge >= 0.3 is 0 Å². The maximum absolute atomic E-state index is 5.60. The highest BCUT2D eigenvalue weighted by Crippen LogP contribution is 2.38. The van der Waals surface area contributed by atoms with Gasteiger partial charge in [-0.3, -0.25) is 0 Å². The van der Waals surface area contributed by atoms with Crippen molar-refractivity contribution in [3.8, 4) is 22.6 Å². The van der Waals surface area contributed by atoms with Gasteiger partial charge in [-0.15, -0.1) is 5.10 Å². The number of pyridine rings is 1. The molecule has 1 saturated heterocycles. The summed E-state index contributed by atoms with van der Waals surface area (Å²) in [7, 11) is 1.90. The van der Waals surface area contributed by atoms with Crippen LogP contribution >= 0.6 is 11.5 Å². The summed E-state index contributed by atoms with van der Waals surface area (Å²) in [6.45, 7) is 4.39. The molecule has 5 heterocycles. The van der Waals surface area contributed by atoms with Crippen molar-refractivity contribution in [2.45, 2.75) is 13.0 Å². The van der Waals surface area contributed by atoms with Crippen LogP contribution in [-0.4, -0.2) is 55.1 Å². The number of aromatic amines is 1. The fourth-order valence-corrected chi connectivity index (χ4v) is 4.36. The quantitative estimate of drug-likeness (QED) is 0.587. The van der Waals surface area contributed by atoms with Crippen molar-refractivity contribution in [2.24, 2.45) is 7.05 Å². The van der Waals surface area contributed by atoms with E-state index in [0.717, 1.165) is 45.2 Å². The molecule has 1 N–H and O–H groups in total. The minimum absolute atomic E-state index is 0.266. The second kappa shape index (κ2) is 6.43. The van der Waals surface area contributed by atoms with Gasteiger partial charge in [0.05, 0.1) is 41.5 Å². The fraction of sp³-hybridized carbons (Fsp3) is 0.333. The zero-order valence-corrected chi connectivity index (χ0v) is 15.9. The van der Waals surface area contributed by atoms with Gasteiger partial charge in [-0.05, 0) is 36.7 Å². The van der Waals surface area contributed by atoms with Gasteiger partial charge in [0, 0.05) is 25.4 Å². The number of rotatable bonds is 3. The molecular weight excluding hydrogens is 362 g/mol. The summed E-state index contributed by atoms with van der Waals surface area (Å²) in [4.78, 5) is 10.6. The van der Waals surface area contributed by atoms with E-state index in [2.05, 4.69) is 33.2 Å². The standard InChI is InChI=1S/C18H19N7OS/c1-11-10-26-7-6-25(11)15-8-12(14-9-20-23-24(14)2)18-17(21-15)16(22-27-18)13-4-3-5-19-13/h3-5,8-9,11,19H,6-7,10H2,1-2H3/t11-/m1/s1. The van der Waals surface area contributed by atoms with E-state index in [4.69, 9.17) is 14.1 Å². The molecule has 0 unspecified atom stereocenters. The lowest BCUT2D eigenvalue weighted by atomic mass is 10.1. The predicted octanol–water partition coefficient (Wildman–Crippen LogP) is 2.71. The molecule has 5 rings (SSSR count). The van der Waals surface area contributed by atoms with Crippen LogP contribution in [0.1, 0.15) is 6.92 Å². The molecule has 27 heavy (non-hydrogen) atoms. The first-order valence-corrected chi connectivity index (χ1v) is 9.63. The van der Waals surface area contributed by atoms with E-state index in [-0.39, 0.29) is 6.04 Å².